The Morgan fingerprint density at radius 1 is 0.630 bits per heavy atom. The summed E-state index contributed by atoms with van der Waals surface area (Å²) in [6.07, 6.45) is 13.4. The minimum atomic E-state index is -0.214. The van der Waals surface area contributed by atoms with Crippen LogP contribution in [0.15, 0.2) is 107 Å². The first-order valence-electron chi connectivity index (χ1n) is 15.3. The Balaban J connectivity index is 0.994. The molecular formula is C34H32N8O4. The van der Waals surface area contributed by atoms with E-state index in [9.17, 15) is 19.2 Å². The summed E-state index contributed by atoms with van der Waals surface area (Å²) in [7, 11) is 0. The van der Waals surface area contributed by atoms with Crippen LogP contribution in [0.5, 0.6) is 0 Å². The summed E-state index contributed by atoms with van der Waals surface area (Å²) in [5, 5.41) is 6.22. The topological polar surface area (TPSA) is 138 Å². The van der Waals surface area contributed by atoms with Gasteiger partial charge in [-0.15, -0.1) is 0 Å². The van der Waals surface area contributed by atoms with Crippen molar-refractivity contribution in [3.8, 4) is 34.2 Å². The van der Waals surface area contributed by atoms with Crippen LogP contribution in [-0.4, -0.2) is 52.1 Å². The molecule has 7 rings (SSSR count). The van der Waals surface area contributed by atoms with Gasteiger partial charge >= 0.3 is 0 Å². The SMILES string of the molecule is O=C(Cn1ccn2c(=O)c(-c3ccccc3)nc-2c1)N[C@@H]1CCCC[C@H]1NC(=O)Cn1ccn2c(=O)c(-c3ccccc3)nc-2c1. The molecule has 0 saturated heterocycles. The molecule has 12 heteroatoms. The Labute approximate surface area is 263 Å². The van der Waals surface area contributed by atoms with Gasteiger partial charge in [0.1, 0.15) is 24.5 Å². The van der Waals surface area contributed by atoms with Crippen molar-refractivity contribution >= 4 is 11.8 Å². The molecule has 0 aromatic heterocycles. The van der Waals surface area contributed by atoms with Gasteiger partial charge in [-0.2, -0.15) is 0 Å². The summed E-state index contributed by atoms with van der Waals surface area (Å²) in [5.41, 5.74) is 1.76. The maximum atomic E-state index is 13.1. The normalized spacial score (nSPS) is 16.4. The van der Waals surface area contributed by atoms with Crippen LogP contribution in [-0.2, 0) is 22.7 Å². The van der Waals surface area contributed by atoms with E-state index in [-0.39, 0.29) is 48.1 Å². The van der Waals surface area contributed by atoms with E-state index in [1.807, 2.05) is 60.7 Å². The summed E-state index contributed by atoms with van der Waals surface area (Å²) < 4.78 is 6.32. The molecule has 4 aliphatic heterocycles. The van der Waals surface area contributed by atoms with Crippen molar-refractivity contribution in [2.24, 2.45) is 0 Å². The van der Waals surface area contributed by atoms with Gasteiger partial charge in [0, 0.05) is 60.4 Å². The molecule has 0 spiro atoms. The van der Waals surface area contributed by atoms with Gasteiger partial charge in [0.05, 0.1) is 0 Å². The largest absolute Gasteiger partial charge is 0.350 e. The standard InChI is InChI=1S/C34H32N8O4/c43-29(21-39-15-17-41-27(19-39)37-31(33(41)45)23-9-3-1-4-10-23)35-25-13-7-8-14-26(25)36-30(44)22-40-16-18-42-28(20-40)38-32(34(42)46)24-11-5-2-6-12-24/h1-6,9-12,15-20,25-26H,7-8,13-14,21-22H2,(H,35,43)(H,36,44)/t25-,26-/m1/s1. The molecule has 0 radical (unpaired) electrons. The zero-order valence-corrected chi connectivity index (χ0v) is 25.0. The minimum absolute atomic E-state index is 0.0439. The molecule has 2 aromatic rings. The van der Waals surface area contributed by atoms with Crippen LogP contribution in [0.4, 0.5) is 0 Å². The van der Waals surface area contributed by atoms with Crippen molar-refractivity contribution < 1.29 is 9.59 Å². The van der Waals surface area contributed by atoms with Crippen LogP contribution in [0.3, 0.4) is 0 Å². The van der Waals surface area contributed by atoms with Gasteiger partial charge in [-0.1, -0.05) is 73.5 Å². The Morgan fingerprint density at radius 2 is 1.04 bits per heavy atom. The molecule has 2 atom stereocenters. The molecule has 0 bridgehead atoms. The number of aromatic nitrogens is 6. The van der Waals surface area contributed by atoms with Crippen LogP contribution in [0.2, 0.25) is 0 Å². The number of hydrogen-bond donors (Lipinski definition) is 2. The first-order valence-corrected chi connectivity index (χ1v) is 15.3. The quantitative estimate of drug-likeness (QED) is 0.270. The van der Waals surface area contributed by atoms with Crippen molar-refractivity contribution in [2.75, 3.05) is 0 Å². The zero-order valence-electron chi connectivity index (χ0n) is 25.0. The smallest absolute Gasteiger partial charge is 0.282 e. The maximum Gasteiger partial charge on any atom is 0.282 e. The summed E-state index contributed by atoms with van der Waals surface area (Å²) in [5.74, 6) is 0.519. The molecule has 1 saturated carbocycles. The molecule has 2 amide bonds. The third kappa shape index (κ3) is 5.84. The van der Waals surface area contributed by atoms with Crippen LogP contribution in [0, 0.1) is 0 Å². The maximum absolute atomic E-state index is 13.1. The van der Waals surface area contributed by atoms with Gasteiger partial charge in [0.15, 0.2) is 11.6 Å². The lowest BCUT2D eigenvalue weighted by molar-refractivity contribution is -0.125. The van der Waals surface area contributed by atoms with E-state index < -0.39 is 0 Å². The van der Waals surface area contributed by atoms with E-state index in [0.29, 0.717) is 23.0 Å². The van der Waals surface area contributed by atoms with Crippen molar-refractivity contribution in [3.63, 3.8) is 0 Å². The van der Waals surface area contributed by atoms with E-state index in [4.69, 9.17) is 0 Å². The Bertz CT molecular complexity index is 1910. The second kappa shape index (κ2) is 12.3. The van der Waals surface area contributed by atoms with Gasteiger partial charge in [0.25, 0.3) is 11.1 Å². The number of fused-ring (bicyclic) bond motifs is 2. The second-order valence-corrected chi connectivity index (χ2v) is 11.6. The molecule has 2 N–H and O–H groups in total. The lowest BCUT2D eigenvalue weighted by Crippen LogP contribution is -2.54. The summed E-state index contributed by atoms with van der Waals surface area (Å²) in [6.45, 7) is 0.0878. The molecule has 1 aliphatic carbocycles. The molecule has 232 valence electrons. The average molecular weight is 617 g/mol. The lowest BCUT2D eigenvalue weighted by atomic mass is 9.90. The number of carbonyl (C=O) groups excluding carboxylic acids is 2. The monoisotopic (exact) mass is 616 g/mol. The van der Waals surface area contributed by atoms with Crippen molar-refractivity contribution in [1.29, 1.82) is 0 Å². The predicted octanol–water partition coefficient (Wildman–Crippen LogP) is 2.83. The highest BCUT2D eigenvalue weighted by Crippen LogP contribution is 2.20. The highest BCUT2D eigenvalue weighted by atomic mass is 16.2. The fourth-order valence-electron chi connectivity index (χ4n) is 6.10. The van der Waals surface area contributed by atoms with Crippen molar-refractivity contribution in [2.45, 2.75) is 50.9 Å². The summed E-state index contributed by atoms with van der Waals surface area (Å²) in [6, 6.07) is 18.1. The lowest BCUT2D eigenvalue weighted by Gasteiger charge is -2.33. The van der Waals surface area contributed by atoms with Crippen molar-refractivity contribution in [3.05, 3.63) is 119 Å². The average Bonchev–Trinajstić information content (AvgIpc) is 3.58. The fraction of sp³-hybridized carbons (Fsp3) is 0.235. The van der Waals surface area contributed by atoms with Gasteiger partial charge in [-0.05, 0) is 12.8 Å². The molecule has 2 aromatic carbocycles. The Morgan fingerprint density at radius 3 is 1.46 bits per heavy atom. The third-order valence-electron chi connectivity index (χ3n) is 8.37. The highest BCUT2D eigenvalue weighted by Gasteiger charge is 2.28. The number of rotatable bonds is 8. The fourth-order valence-corrected chi connectivity index (χ4v) is 6.10. The Kier molecular flexibility index (Phi) is 7.75. The highest BCUT2D eigenvalue weighted by molar-refractivity contribution is 5.78. The third-order valence-corrected chi connectivity index (χ3v) is 8.37. The van der Waals surface area contributed by atoms with Gasteiger partial charge < -0.3 is 19.8 Å². The van der Waals surface area contributed by atoms with Crippen LogP contribution in [0.1, 0.15) is 25.7 Å². The van der Waals surface area contributed by atoms with E-state index in [1.165, 1.54) is 9.13 Å². The summed E-state index contributed by atoms with van der Waals surface area (Å²) in [4.78, 5) is 61.0. The number of benzene rings is 2. The second-order valence-electron chi connectivity index (χ2n) is 11.6. The van der Waals surface area contributed by atoms with Gasteiger partial charge in [-0.25, -0.2) is 9.97 Å². The molecule has 46 heavy (non-hydrogen) atoms. The minimum Gasteiger partial charge on any atom is -0.350 e. The van der Waals surface area contributed by atoms with Gasteiger partial charge in [0.2, 0.25) is 11.8 Å². The predicted molar refractivity (Wildman–Crippen MR) is 171 cm³/mol. The summed E-state index contributed by atoms with van der Waals surface area (Å²) >= 11 is 0. The molecule has 5 aliphatic rings. The van der Waals surface area contributed by atoms with Gasteiger partial charge in [-0.3, -0.25) is 28.3 Å². The first-order chi connectivity index (χ1) is 22.4. The number of nitrogens with one attached hydrogen (secondary N) is 2. The molecule has 0 unspecified atom stereocenters. The molecule has 4 heterocycles. The number of hydrogen-bond acceptors (Lipinski definition) is 6. The zero-order chi connectivity index (χ0) is 31.6. The van der Waals surface area contributed by atoms with E-state index in [2.05, 4.69) is 20.6 Å². The number of imidazole rings is 2. The van der Waals surface area contributed by atoms with Crippen LogP contribution < -0.4 is 21.8 Å². The number of carbonyl (C=O) groups is 2. The van der Waals surface area contributed by atoms with E-state index in [0.717, 1.165) is 36.8 Å². The molecular weight excluding hydrogens is 584 g/mol. The number of amides is 2. The molecule has 12 nitrogen and oxygen atoms in total. The first kappa shape index (κ1) is 29.0. The van der Waals surface area contributed by atoms with E-state index >= 15 is 0 Å². The Hall–Kier alpha value is -5.78. The van der Waals surface area contributed by atoms with E-state index in [1.54, 1.807) is 46.3 Å². The van der Waals surface area contributed by atoms with Crippen molar-refractivity contribution in [1.82, 2.24) is 38.9 Å². The van der Waals surface area contributed by atoms with Crippen LogP contribution in [0.25, 0.3) is 34.2 Å². The van der Waals surface area contributed by atoms with Crippen LogP contribution >= 0.6 is 0 Å². The molecule has 1 fully saturated rings. The number of nitrogens with zero attached hydrogens (tertiary/aromatic N) is 6.